The van der Waals surface area contributed by atoms with Gasteiger partial charge in [0.15, 0.2) is 0 Å². The van der Waals surface area contributed by atoms with Crippen LogP contribution in [-0.4, -0.2) is 37.1 Å². The lowest BCUT2D eigenvalue weighted by molar-refractivity contribution is -0.118. The maximum Gasteiger partial charge on any atom is 0.337 e. The van der Waals surface area contributed by atoms with Crippen LogP contribution in [0.25, 0.3) is 0 Å². The van der Waals surface area contributed by atoms with Gasteiger partial charge < -0.3 is 14.8 Å². The van der Waals surface area contributed by atoms with Crippen molar-refractivity contribution in [3.05, 3.63) is 64.7 Å². The Hall–Kier alpha value is -2.18. The van der Waals surface area contributed by atoms with Gasteiger partial charge in [-0.05, 0) is 29.8 Å². The van der Waals surface area contributed by atoms with Gasteiger partial charge in [0.2, 0.25) is 5.91 Å². The number of para-hydroxylation sites is 1. The molecule has 0 unspecified atom stereocenters. The molecule has 2 rings (SSSR count). The number of hydrogen-bond donors (Lipinski definition) is 1. The molecule has 0 heterocycles. The Morgan fingerprint density at radius 2 is 1.85 bits per heavy atom. The van der Waals surface area contributed by atoms with E-state index in [1.807, 2.05) is 18.2 Å². The fourth-order valence-electron chi connectivity index (χ4n) is 2.07. The third-order valence-corrected chi connectivity index (χ3v) is 4.65. The second-order valence-electron chi connectivity index (χ2n) is 5.30. The molecule has 7 heteroatoms. The Kier molecular flexibility index (Phi) is 8.31. The van der Waals surface area contributed by atoms with Crippen LogP contribution in [0.5, 0.6) is 5.75 Å². The van der Waals surface area contributed by atoms with Crippen LogP contribution in [0.15, 0.2) is 48.5 Å². The van der Waals surface area contributed by atoms with Gasteiger partial charge >= 0.3 is 5.97 Å². The van der Waals surface area contributed by atoms with Crippen molar-refractivity contribution in [2.45, 2.75) is 6.54 Å². The highest BCUT2D eigenvalue weighted by Gasteiger charge is 2.06. The van der Waals surface area contributed by atoms with Gasteiger partial charge in [-0.1, -0.05) is 35.9 Å². The Labute approximate surface area is 162 Å². The number of halogens is 1. The minimum Gasteiger partial charge on any atom is -0.491 e. The summed E-state index contributed by atoms with van der Waals surface area (Å²) in [5.74, 6) is 1.26. The summed E-state index contributed by atoms with van der Waals surface area (Å²) in [7, 11) is 1.34. The molecule has 0 aliphatic carbocycles. The number of ether oxygens (including phenoxy) is 2. The zero-order valence-corrected chi connectivity index (χ0v) is 15.9. The largest absolute Gasteiger partial charge is 0.491 e. The van der Waals surface area contributed by atoms with Gasteiger partial charge in [0.05, 0.1) is 30.1 Å². The number of esters is 1. The standard InChI is InChI=1S/C19H20ClNO4S/c1-24-19(23)15-8-6-14(7-9-15)12-21-18(22)13-26-11-10-25-17-5-3-2-4-16(17)20/h2-9H,10-13H2,1H3,(H,21,22). The zero-order valence-electron chi connectivity index (χ0n) is 14.4. The van der Waals surface area contributed by atoms with E-state index in [9.17, 15) is 9.59 Å². The first-order valence-corrected chi connectivity index (χ1v) is 9.52. The first-order valence-electron chi connectivity index (χ1n) is 7.99. The Morgan fingerprint density at radius 3 is 2.54 bits per heavy atom. The van der Waals surface area contributed by atoms with Crippen molar-refractivity contribution in [2.24, 2.45) is 0 Å². The highest BCUT2D eigenvalue weighted by atomic mass is 35.5. The summed E-state index contributed by atoms with van der Waals surface area (Å²) in [4.78, 5) is 23.2. The van der Waals surface area contributed by atoms with Crippen LogP contribution in [0, 0.1) is 0 Å². The van der Waals surface area contributed by atoms with Crippen LogP contribution in [0.1, 0.15) is 15.9 Å². The molecule has 0 bridgehead atoms. The monoisotopic (exact) mass is 393 g/mol. The molecule has 0 saturated heterocycles. The minimum absolute atomic E-state index is 0.0511. The first-order chi connectivity index (χ1) is 12.6. The van der Waals surface area contributed by atoms with Gasteiger partial charge in [-0.3, -0.25) is 4.79 Å². The Bertz CT molecular complexity index is 737. The predicted molar refractivity (Wildman–Crippen MR) is 104 cm³/mol. The van der Waals surface area contributed by atoms with E-state index in [4.69, 9.17) is 16.3 Å². The lowest BCUT2D eigenvalue weighted by Crippen LogP contribution is -2.25. The Morgan fingerprint density at radius 1 is 1.12 bits per heavy atom. The summed E-state index contributed by atoms with van der Waals surface area (Å²) in [5.41, 5.74) is 1.40. The molecule has 26 heavy (non-hydrogen) atoms. The average Bonchev–Trinajstić information content (AvgIpc) is 2.67. The summed E-state index contributed by atoms with van der Waals surface area (Å²) in [5, 5.41) is 3.42. The molecule has 2 aromatic rings. The maximum atomic E-state index is 11.9. The van der Waals surface area contributed by atoms with E-state index >= 15 is 0 Å². The van der Waals surface area contributed by atoms with Crippen LogP contribution in [-0.2, 0) is 16.1 Å². The van der Waals surface area contributed by atoms with Gasteiger partial charge in [-0.2, -0.15) is 0 Å². The van der Waals surface area contributed by atoms with Crippen LogP contribution >= 0.6 is 23.4 Å². The number of benzene rings is 2. The number of carbonyl (C=O) groups excluding carboxylic acids is 2. The molecule has 0 spiro atoms. The Balaban J connectivity index is 1.61. The first kappa shape index (κ1) is 20.1. The molecule has 0 radical (unpaired) electrons. The number of thioether (sulfide) groups is 1. The van der Waals surface area contributed by atoms with Gasteiger partial charge in [0.25, 0.3) is 0 Å². The van der Waals surface area contributed by atoms with Crippen LogP contribution < -0.4 is 10.1 Å². The van der Waals surface area contributed by atoms with Gasteiger partial charge in [0.1, 0.15) is 5.75 Å². The molecule has 0 saturated carbocycles. The van der Waals surface area contributed by atoms with Crippen molar-refractivity contribution < 1.29 is 19.1 Å². The summed E-state index contributed by atoms with van der Waals surface area (Å²) in [6.45, 7) is 0.896. The molecular formula is C19H20ClNO4S. The topological polar surface area (TPSA) is 64.6 Å². The van der Waals surface area contributed by atoms with Crippen LogP contribution in [0.4, 0.5) is 0 Å². The third kappa shape index (κ3) is 6.61. The molecule has 0 fully saturated rings. The van der Waals surface area contributed by atoms with E-state index in [0.717, 1.165) is 5.56 Å². The number of carbonyl (C=O) groups is 2. The number of hydrogen-bond acceptors (Lipinski definition) is 5. The number of amides is 1. The number of methoxy groups -OCH3 is 1. The average molecular weight is 394 g/mol. The highest BCUT2D eigenvalue weighted by molar-refractivity contribution is 7.99. The minimum atomic E-state index is -0.379. The lowest BCUT2D eigenvalue weighted by atomic mass is 10.1. The molecule has 0 aliphatic heterocycles. The molecule has 5 nitrogen and oxygen atoms in total. The van der Waals surface area contributed by atoms with Crippen molar-refractivity contribution in [3.63, 3.8) is 0 Å². The molecule has 0 aliphatic rings. The van der Waals surface area contributed by atoms with Crippen molar-refractivity contribution in [1.29, 1.82) is 0 Å². The van der Waals surface area contributed by atoms with Crippen molar-refractivity contribution >= 4 is 35.2 Å². The molecule has 138 valence electrons. The summed E-state index contributed by atoms with van der Waals surface area (Å²) < 4.78 is 10.2. The van der Waals surface area contributed by atoms with E-state index < -0.39 is 0 Å². The lowest BCUT2D eigenvalue weighted by Gasteiger charge is -2.08. The van der Waals surface area contributed by atoms with Crippen molar-refractivity contribution in [1.82, 2.24) is 5.32 Å². The normalized spacial score (nSPS) is 10.2. The summed E-state index contributed by atoms with van der Waals surface area (Å²) in [6.07, 6.45) is 0. The zero-order chi connectivity index (χ0) is 18.8. The van der Waals surface area contributed by atoms with Gasteiger partial charge in [-0.15, -0.1) is 11.8 Å². The second-order valence-corrected chi connectivity index (χ2v) is 6.81. The maximum absolute atomic E-state index is 11.9. The molecule has 2 aromatic carbocycles. The van der Waals surface area contributed by atoms with E-state index in [1.54, 1.807) is 30.3 Å². The number of rotatable bonds is 9. The molecule has 0 atom stereocenters. The van der Waals surface area contributed by atoms with E-state index in [0.29, 0.717) is 41.0 Å². The molecule has 1 amide bonds. The fraction of sp³-hybridized carbons (Fsp3) is 0.263. The van der Waals surface area contributed by atoms with Gasteiger partial charge in [-0.25, -0.2) is 4.79 Å². The molecular weight excluding hydrogens is 374 g/mol. The van der Waals surface area contributed by atoms with E-state index in [2.05, 4.69) is 10.1 Å². The second kappa shape index (κ2) is 10.7. The summed E-state index contributed by atoms with van der Waals surface area (Å²) in [6, 6.07) is 14.2. The SMILES string of the molecule is COC(=O)c1ccc(CNC(=O)CSCCOc2ccccc2Cl)cc1. The quantitative estimate of drug-likeness (QED) is 0.521. The van der Waals surface area contributed by atoms with Crippen molar-refractivity contribution in [3.8, 4) is 5.75 Å². The van der Waals surface area contributed by atoms with E-state index in [1.165, 1.54) is 18.9 Å². The predicted octanol–water partition coefficient (Wildman–Crippen LogP) is 3.56. The van der Waals surface area contributed by atoms with Crippen LogP contribution in [0.3, 0.4) is 0 Å². The fourth-order valence-corrected chi connectivity index (χ4v) is 2.89. The molecule has 0 aromatic heterocycles. The number of nitrogens with one attached hydrogen (secondary N) is 1. The van der Waals surface area contributed by atoms with Crippen molar-refractivity contribution in [2.75, 3.05) is 25.2 Å². The molecule has 1 N–H and O–H groups in total. The van der Waals surface area contributed by atoms with E-state index in [-0.39, 0.29) is 11.9 Å². The van der Waals surface area contributed by atoms with Gasteiger partial charge in [0, 0.05) is 12.3 Å². The smallest absolute Gasteiger partial charge is 0.337 e. The third-order valence-electron chi connectivity index (χ3n) is 3.42. The highest BCUT2D eigenvalue weighted by Crippen LogP contribution is 2.23. The summed E-state index contributed by atoms with van der Waals surface area (Å²) >= 11 is 7.49. The van der Waals surface area contributed by atoms with Crippen LogP contribution in [0.2, 0.25) is 5.02 Å².